The highest BCUT2D eigenvalue weighted by Gasteiger charge is 2.53. The Labute approximate surface area is 185 Å². The van der Waals surface area contributed by atoms with Crippen molar-refractivity contribution in [1.82, 2.24) is 0 Å². The topological polar surface area (TPSA) is 52.6 Å². The monoisotopic (exact) mass is 420 g/mol. The molecule has 2 aliphatic carbocycles. The fourth-order valence-corrected chi connectivity index (χ4v) is 4.94. The van der Waals surface area contributed by atoms with Gasteiger partial charge in [0.2, 0.25) is 5.41 Å². The Morgan fingerprint density at radius 1 is 0.581 bits per heavy atom. The molecule has 0 atom stereocenters. The van der Waals surface area contributed by atoms with Crippen molar-refractivity contribution in [2.24, 2.45) is 0 Å². The first-order valence-electron chi connectivity index (χ1n) is 11.7. The molecule has 2 aliphatic rings. The van der Waals surface area contributed by atoms with Gasteiger partial charge in [-0.3, -0.25) is 9.59 Å². The van der Waals surface area contributed by atoms with Crippen LogP contribution in [0.15, 0.2) is 60.7 Å². The van der Waals surface area contributed by atoms with Crippen molar-refractivity contribution < 1.29 is 19.1 Å². The highest BCUT2D eigenvalue weighted by Crippen LogP contribution is 2.38. The number of rotatable bonds is 6. The van der Waals surface area contributed by atoms with E-state index in [0.29, 0.717) is 11.1 Å². The minimum Gasteiger partial charge on any atom is -0.461 e. The third-order valence-electron chi connectivity index (χ3n) is 6.68. The summed E-state index contributed by atoms with van der Waals surface area (Å²) in [5.41, 5.74) is -0.414. The first-order chi connectivity index (χ1) is 15.2. The molecular weight excluding hydrogens is 388 g/mol. The first kappa shape index (κ1) is 21.6. The molecule has 0 N–H and O–H groups in total. The summed E-state index contributed by atoms with van der Waals surface area (Å²) < 4.78 is 12.1. The van der Waals surface area contributed by atoms with Crippen LogP contribution in [0.4, 0.5) is 0 Å². The Morgan fingerprint density at radius 2 is 0.935 bits per heavy atom. The number of carbonyl (C=O) groups excluding carboxylic acids is 2. The fraction of sp³-hybridized carbons (Fsp3) is 0.481. The van der Waals surface area contributed by atoms with Crippen molar-refractivity contribution in [2.75, 3.05) is 0 Å². The largest absolute Gasteiger partial charge is 0.461 e. The molecule has 0 unspecified atom stereocenters. The zero-order valence-corrected chi connectivity index (χ0v) is 18.1. The van der Waals surface area contributed by atoms with Crippen molar-refractivity contribution in [3.05, 3.63) is 71.8 Å². The second-order valence-corrected chi connectivity index (χ2v) is 8.81. The smallest absolute Gasteiger partial charge is 0.332 e. The summed E-state index contributed by atoms with van der Waals surface area (Å²) >= 11 is 0. The molecule has 4 heteroatoms. The summed E-state index contributed by atoms with van der Waals surface area (Å²) in [5.74, 6) is -1.03. The van der Waals surface area contributed by atoms with Crippen LogP contribution in [0.5, 0.6) is 0 Å². The van der Waals surface area contributed by atoms with E-state index in [1.807, 2.05) is 60.7 Å². The Hall–Kier alpha value is -2.62. The summed E-state index contributed by atoms with van der Waals surface area (Å²) in [4.78, 5) is 27.8. The van der Waals surface area contributed by atoms with Gasteiger partial charge in [0.25, 0.3) is 0 Å². The van der Waals surface area contributed by atoms with E-state index in [2.05, 4.69) is 0 Å². The van der Waals surface area contributed by atoms with E-state index in [1.165, 1.54) is 12.8 Å². The van der Waals surface area contributed by atoms with Gasteiger partial charge in [0, 0.05) is 0 Å². The molecule has 0 aromatic heterocycles. The van der Waals surface area contributed by atoms with Crippen LogP contribution in [0.25, 0.3) is 0 Å². The van der Waals surface area contributed by atoms with Crippen LogP contribution in [0.1, 0.15) is 75.3 Å². The van der Waals surface area contributed by atoms with Crippen molar-refractivity contribution in [2.45, 2.75) is 81.8 Å². The van der Waals surface area contributed by atoms with Gasteiger partial charge in [-0.2, -0.15) is 0 Å². The van der Waals surface area contributed by atoms with Gasteiger partial charge in [0.1, 0.15) is 12.2 Å². The molecule has 2 saturated carbocycles. The van der Waals surface area contributed by atoms with Crippen molar-refractivity contribution in [3.8, 4) is 0 Å². The second-order valence-electron chi connectivity index (χ2n) is 8.81. The van der Waals surface area contributed by atoms with E-state index in [1.54, 1.807) is 0 Å². The molecule has 0 saturated heterocycles. The molecule has 31 heavy (non-hydrogen) atoms. The second kappa shape index (κ2) is 10.1. The molecule has 0 heterocycles. The minimum absolute atomic E-state index is 0.143. The lowest BCUT2D eigenvalue weighted by atomic mass is 9.74. The van der Waals surface area contributed by atoms with E-state index < -0.39 is 17.4 Å². The molecule has 164 valence electrons. The lowest BCUT2D eigenvalue weighted by molar-refractivity contribution is -0.170. The minimum atomic E-state index is -1.61. The number of hydrogen-bond acceptors (Lipinski definition) is 4. The van der Waals surface area contributed by atoms with Crippen LogP contribution in [-0.4, -0.2) is 24.1 Å². The van der Waals surface area contributed by atoms with Gasteiger partial charge in [-0.1, -0.05) is 73.5 Å². The van der Waals surface area contributed by atoms with Gasteiger partial charge < -0.3 is 9.47 Å². The molecule has 0 amide bonds. The van der Waals surface area contributed by atoms with E-state index in [-0.39, 0.29) is 12.2 Å². The first-order valence-corrected chi connectivity index (χ1v) is 11.7. The number of hydrogen-bond donors (Lipinski definition) is 0. The third kappa shape index (κ3) is 4.68. The molecule has 2 aromatic rings. The predicted octanol–water partition coefficient (Wildman–Crippen LogP) is 5.72. The van der Waals surface area contributed by atoms with E-state index in [4.69, 9.17) is 9.47 Å². The molecule has 0 radical (unpaired) electrons. The number of ether oxygens (including phenoxy) is 2. The maximum atomic E-state index is 13.9. The van der Waals surface area contributed by atoms with Gasteiger partial charge in [0.05, 0.1) is 0 Å². The molecule has 2 aromatic carbocycles. The predicted molar refractivity (Wildman–Crippen MR) is 120 cm³/mol. The Balaban J connectivity index is 1.76. The Morgan fingerprint density at radius 3 is 1.29 bits per heavy atom. The van der Waals surface area contributed by atoms with Gasteiger partial charge in [-0.15, -0.1) is 0 Å². The quantitative estimate of drug-likeness (QED) is 0.443. The average molecular weight is 421 g/mol. The third-order valence-corrected chi connectivity index (χ3v) is 6.68. The molecular formula is C27H32O4. The molecule has 4 nitrogen and oxygen atoms in total. The summed E-state index contributed by atoms with van der Waals surface area (Å²) in [6.45, 7) is 0. The normalized spacial score (nSPS) is 18.3. The highest BCUT2D eigenvalue weighted by atomic mass is 16.6. The van der Waals surface area contributed by atoms with Gasteiger partial charge in [-0.05, 0) is 62.5 Å². The maximum absolute atomic E-state index is 13.9. The SMILES string of the molecule is O=C(OC1CCCCC1)C(C(=O)OC1CCCCC1)(c1ccccc1)c1ccccc1. The van der Waals surface area contributed by atoms with E-state index in [9.17, 15) is 9.59 Å². The van der Waals surface area contributed by atoms with Crippen molar-refractivity contribution in [1.29, 1.82) is 0 Å². The van der Waals surface area contributed by atoms with Crippen LogP contribution in [-0.2, 0) is 24.5 Å². The fourth-order valence-electron chi connectivity index (χ4n) is 4.94. The van der Waals surface area contributed by atoms with Crippen LogP contribution in [0.2, 0.25) is 0 Å². The zero-order chi connectivity index (χ0) is 21.5. The van der Waals surface area contributed by atoms with Gasteiger partial charge in [0.15, 0.2) is 0 Å². The molecule has 0 bridgehead atoms. The molecule has 0 aliphatic heterocycles. The Bertz CT molecular complexity index is 776. The summed E-state index contributed by atoms with van der Waals surface area (Å²) in [7, 11) is 0. The van der Waals surface area contributed by atoms with Gasteiger partial charge in [-0.25, -0.2) is 0 Å². The van der Waals surface area contributed by atoms with E-state index in [0.717, 1.165) is 51.4 Å². The van der Waals surface area contributed by atoms with Gasteiger partial charge >= 0.3 is 11.9 Å². The van der Waals surface area contributed by atoms with Crippen LogP contribution in [0.3, 0.4) is 0 Å². The summed E-state index contributed by atoms with van der Waals surface area (Å²) in [6.07, 6.45) is 9.65. The zero-order valence-electron chi connectivity index (χ0n) is 18.1. The molecule has 4 rings (SSSR count). The number of benzene rings is 2. The van der Waals surface area contributed by atoms with E-state index >= 15 is 0 Å². The Kier molecular flexibility index (Phi) is 7.06. The van der Waals surface area contributed by atoms with Crippen LogP contribution in [0, 0.1) is 0 Å². The lowest BCUT2D eigenvalue weighted by Gasteiger charge is -2.34. The molecule has 2 fully saturated rings. The van der Waals surface area contributed by atoms with Crippen molar-refractivity contribution in [3.63, 3.8) is 0 Å². The number of carbonyl (C=O) groups is 2. The lowest BCUT2D eigenvalue weighted by Crippen LogP contribution is -2.49. The standard InChI is InChI=1S/C27H32O4/c28-25(30-23-17-9-3-10-18-23)27(21-13-5-1-6-14-21,22-15-7-2-8-16-22)26(29)31-24-19-11-4-12-20-24/h1-2,5-8,13-16,23-24H,3-4,9-12,17-20H2. The van der Waals surface area contributed by atoms with Crippen LogP contribution < -0.4 is 0 Å². The van der Waals surface area contributed by atoms with Crippen LogP contribution >= 0.6 is 0 Å². The summed E-state index contributed by atoms with van der Waals surface area (Å²) in [5, 5.41) is 0. The average Bonchev–Trinajstić information content (AvgIpc) is 2.82. The summed E-state index contributed by atoms with van der Waals surface area (Å²) in [6, 6.07) is 18.5. The number of esters is 2. The highest BCUT2D eigenvalue weighted by molar-refractivity contribution is 6.10. The van der Waals surface area contributed by atoms with Crippen molar-refractivity contribution >= 4 is 11.9 Å². The molecule has 0 spiro atoms. The maximum Gasteiger partial charge on any atom is 0.332 e.